The molecule has 23 heavy (non-hydrogen) atoms. The summed E-state index contributed by atoms with van der Waals surface area (Å²) in [5, 5.41) is 0. The largest absolute Gasteiger partial charge is 0.494 e. The van der Waals surface area contributed by atoms with Gasteiger partial charge in [0.1, 0.15) is 11.6 Å². The van der Waals surface area contributed by atoms with Crippen molar-refractivity contribution in [1.29, 1.82) is 0 Å². The summed E-state index contributed by atoms with van der Waals surface area (Å²) in [6.07, 6.45) is 3.55. The lowest BCUT2D eigenvalue weighted by molar-refractivity contribution is 0.329. The number of hydrogen-bond donors (Lipinski definition) is 0. The summed E-state index contributed by atoms with van der Waals surface area (Å²) in [6, 6.07) is 5.04. The van der Waals surface area contributed by atoms with Gasteiger partial charge in [-0.3, -0.25) is 0 Å². The van der Waals surface area contributed by atoms with Gasteiger partial charge in [-0.1, -0.05) is 27.7 Å². The Morgan fingerprint density at radius 2 is 1.91 bits per heavy atom. The van der Waals surface area contributed by atoms with E-state index in [9.17, 15) is 8.42 Å². The molecule has 0 amide bonds. The molecule has 0 radical (unpaired) electrons. The maximum absolute atomic E-state index is 12.9. The monoisotopic (exact) mass is 336 g/mol. The first-order chi connectivity index (χ1) is 10.7. The van der Waals surface area contributed by atoms with Crippen LogP contribution in [0.4, 0.5) is 0 Å². The highest BCUT2D eigenvalue weighted by molar-refractivity contribution is 7.90. The van der Waals surface area contributed by atoms with Gasteiger partial charge in [-0.05, 0) is 30.5 Å². The van der Waals surface area contributed by atoms with Crippen LogP contribution in [0.1, 0.15) is 46.0 Å². The van der Waals surface area contributed by atoms with Gasteiger partial charge in [0.15, 0.2) is 0 Å². The van der Waals surface area contributed by atoms with E-state index in [0.717, 1.165) is 11.3 Å². The topological polar surface area (TPSA) is 61.2 Å². The molecule has 6 heteroatoms. The highest BCUT2D eigenvalue weighted by Crippen LogP contribution is 2.34. The molecule has 0 aliphatic carbocycles. The smallest absolute Gasteiger partial charge is 0.269 e. The van der Waals surface area contributed by atoms with Crippen molar-refractivity contribution in [2.45, 2.75) is 51.3 Å². The zero-order valence-electron chi connectivity index (χ0n) is 14.3. The molecule has 0 spiro atoms. The van der Waals surface area contributed by atoms with Crippen molar-refractivity contribution in [2.24, 2.45) is 0 Å². The first-order valence-corrected chi connectivity index (χ1v) is 9.21. The summed E-state index contributed by atoms with van der Waals surface area (Å²) in [7, 11) is -3.65. The molecule has 2 rings (SSSR count). The molecule has 0 unspecified atom stereocenters. The van der Waals surface area contributed by atoms with Crippen LogP contribution in [0.2, 0.25) is 0 Å². The van der Waals surface area contributed by atoms with Crippen LogP contribution in [0.5, 0.6) is 5.75 Å². The second kappa shape index (κ2) is 6.35. The first-order valence-electron chi connectivity index (χ1n) is 7.77. The van der Waals surface area contributed by atoms with Gasteiger partial charge in [-0.15, -0.1) is 0 Å². The predicted octanol–water partition coefficient (Wildman–Crippen LogP) is 3.38. The Labute approximate surface area is 138 Å². The molecule has 0 saturated heterocycles. The molecule has 1 aromatic heterocycles. The van der Waals surface area contributed by atoms with Gasteiger partial charge in [0.05, 0.1) is 11.5 Å². The zero-order valence-corrected chi connectivity index (χ0v) is 15.1. The van der Waals surface area contributed by atoms with E-state index < -0.39 is 10.0 Å². The quantitative estimate of drug-likeness (QED) is 0.840. The summed E-state index contributed by atoms with van der Waals surface area (Å²) in [5.74, 6) is 1.25. The highest BCUT2D eigenvalue weighted by Gasteiger charge is 2.25. The Kier molecular flexibility index (Phi) is 4.84. The van der Waals surface area contributed by atoms with Crippen molar-refractivity contribution >= 4 is 10.0 Å². The third-order valence-corrected chi connectivity index (χ3v) is 5.31. The Morgan fingerprint density at radius 1 is 1.22 bits per heavy atom. The summed E-state index contributed by atoms with van der Waals surface area (Å²) < 4.78 is 32.7. The van der Waals surface area contributed by atoms with Gasteiger partial charge in [-0.2, -0.15) is 0 Å². The third-order valence-electron chi connectivity index (χ3n) is 3.61. The molecule has 0 atom stereocenters. The average molecular weight is 336 g/mol. The molecule has 0 aliphatic heterocycles. The lowest BCUT2D eigenvalue weighted by Crippen LogP contribution is -2.18. The van der Waals surface area contributed by atoms with E-state index >= 15 is 0 Å². The Balaban J connectivity index is 2.60. The van der Waals surface area contributed by atoms with E-state index in [1.54, 1.807) is 18.2 Å². The molecule has 5 nitrogen and oxygen atoms in total. The van der Waals surface area contributed by atoms with Crippen LogP contribution in [-0.2, 0) is 21.9 Å². The number of nitrogens with zero attached hydrogens (tertiary/aromatic N) is 2. The molecular weight excluding hydrogens is 312 g/mol. The fourth-order valence-corrected chi connectivity index (χ4v) is 3.84. The predicted molar refractivity (Wildman–Crippen MR) is 90.5 cm³/mol. The number of ether oxygens (including phenoxy) is 1. The van der Waals surface area contributed by atoms with Crippen LogP contribution in [-0.4, -0.2) is 24.0 Å². The number of imidazole rings is 1. The summed E-state index contributed by atoms with van der Waals surface area (Å²) in [4.78, 5) is 4.35. The van der Waals surface area contributed by atoms with Crippen LogP contribution in [0.3, 0.4) is 0 Å². The van der Waals surface area contributed by atoms with Crippen LogP contribution < -0.4 is 4.74 Å². The highest BCUT2D eigenvalue weighted by atomic mass is 32.2. The normalized spacial score (nSPS) is 12.4. The van der Waals surface area contributed by atoms with Gasteiger partial charge in [0, 0.05) is 24.4 Å². The van der Waals surface area contributed by atoms with Gasteiger partial charge < -0.3 is 4.74 Å². The average Bonchev–Trinajstić information content (AvgIpc) is 2.96. The first kappa shape index (κ1) is 17.5. The second-order valence-electron chi connectivity index (χ2n) is 6.34. The molecule has 126 valence electrons. The summed E-state index contributed by atoms with van der Waals surface area (Å²) >= 11 is 0. The molecule has 0 aliphatic rings. The maximum atomic E-state index is 12.9. The van der Waals surface area contributed by atoms with Crippen molar-refractivity contribution in [2.75, 3.05) is 6.61 Å². The van der Waals surface area contributed by atoms with Crippen molar-refractivity contribution < 1.29 is 13.2 Å². The Bertz CT molecular complexity index is 786. The van der Waals surface area contributed by atoms with E-state index in [1.165, 1.54) is 16.4 Å². The van der Waals surface area contributed by atoms with E-state index in [2.05, 4.69) is 4.98 Å². The number of aryl methyl sites for hydroxylation is 1. The SMILES string of the molecule is CCOc1ccc(S(=O)(=O)n2ccnc2CC)cc1C(C)(C)C. The maximum Gasteiger partial charge on any atom is 0.269 e. The number of benzene rings is 1. The minimum Gasteiger partial charge on any atom is -0.494 e. The van der Waals surface area contributed by atoms with E-state index in [0.29, 0.717) is 18.9 Å². The van der Waals surface area contributed by atoms with Crippen LogP contribution in [0.25, 0.3) is 0 Å². The van der Waals surface area contributed by atoms with E-state index in [1.807, 2.05) is 34.6 Å². The standard InChI is InChI=1S/C17H24N2O3S/c1-6-16-18-10-11-19(16)23(20,21)13-8-9-15(22-7-2)14(12-13)17(3,4)5/h8-12H,6-7H2,1-5H3. The fourth-order valence-electron chi connectivity index (χ4n) is 2.44. The van der Waals surface area contributed by atoms with Gasteiger partial charge in [-0.25, -0.2) is 17.4 Å². The minimum absolute atomic E-state index is 0.224. The second-order valence-corrected chi connectivity index (χ2v) is 8.15. The van der Waals surface area contributed by atoms with Crippen molar-refractivity contribution in [3.63, 3.8) is 0 Å². The van der Waals surface area contributed by atoms with Crippen molar-refractivity contribution in [3.8, 4) is 5.75 Å². The molecule has 0 fully saturated rings. The molecule has 0 saturated carbocycles. The third kappa shape index (κ3) is 3.42. The Hall–Kier alpha value is -1.82. The van der Waals surface area contributed by atoms with E-state index in [4.69, 9.17) is 4.74 Å². The Morgan fingerprint density at radius 3 is 2.48 bits per heavy atom. The molecule has 1 aromatic carbocycles. The van der Waals surface area contributed by atoms with E-state index in [-0.39, 0.29) is 10.3 Å². The van der Waals surface area contributed by atoms with Gasteiger partial charge >= 0.3 is 0 Å². The summed E-state index contributed by atoms with van der Waals surface area (Å²) in [6.45, 7) is 10.4. The summed E-state index contributed by atoms with van der Waals surface area (Å²) in [5.41, 5.74) is 0.650. The fraction of sp³-hybridized carbons (Fsp3) is 0.471. The van der Waals surface area contributed by atoms with Crippen LogP contribution in [0, 0.1) is 0 Å². The zero-order chi connectivity index (χ0) is 17.3. The van der Waals surface area contributed by atoms with Gasteiger partial charge in [0.25, 0.3) is 10.0 Å². The number of hydrogen-bond acceptors (Lipinski definition) is 4. The van der Waals surface area contributed by atoms with Crippen LogP contribution >= 0.6 is 0 Å². The number of rotatable bonds is 5. The van der Waals surface area contributed by atoms with Crippen molar-refractivity contribution in [1.82, 2.24) is 8.96 Å². The number of aromatic nitrogens is 2. The molecule has 0 bridgehead atoms. The van der Waals surface area contributed by atoms with Gasteiger partial charge in [0.2, 0.25) is 0 Å². The molecule has 1 heterocycles. The molecule has 2 aromatic rings. The lowest BCUT2D eigenvalue weighted by atomic mass is 9.86. The molecule has 0 N–H and O–H groups in total. The van der Waals surface area contributed by atoms with Crippen molar-refractivity contribution in [3.05, 3.63) is 42.0 Å². The van der Waals surface area contributed by atoms with Crippen LogP contribution in [0.15, 0.2) is 35.5 Å². The minimum atomic E-state index is -3.65. The lowest BCUT2D eigenvalue weighted by Gasteiger charge is -2.23. The molecular formula is C17H24N2O3S.